The van der Waals surface area contributed by atoms with E-state index in [4.69, 9.17) is 27.8 Å². The van der Waals surface area contributed by atoms with Crippen LogP contribution in [0.25, 0.3) is 0 Å². The minimum absolute atomic E-state index is 0.412. The van der Waals surface area contributed by atoms with E-state index in [1.807, 2.05) is 26.0 Å². The minimum Gasteiger partial charge on any atom is -0.444 e. The Hall–Kier alpha value is -1.62. The fraction of sp³-hybridized carbons (Fsp3) is 0.588. The minimum atomic E-state index is -0.705. The molecule has 2 rings (SSSR count). The number of nitrogens with one attached hydrogen (secondary N) is 1. The molecule has 1 aliphatic rings. The van der Waals surface area contributed by atoms with Gasteiger partial charge in [-0.05, 0) is 70.1 Å². The molecule has 0 unspecified atom stereocenters. The number of hydrogen-bond donors (Lipinski definition) is 3. The van der Waals surface area contributed by atoms with E-state index in [0.29, 0.717) is 22.7 Å². The summed E-state index contributed by atoms with van der Waals surface area (Å²) < 4.78 is 5.18. The third kappa shape index (κ3) is 5.50. The summed E-state index contributed by atoms with van der Waals surface area (Å²) in [4.78, 5) is 10.9. The van der Waals surface area contributed by atoms with Crippen LogP contribution in [0.1, 0.15) is 46.0 Å². The molecule has 0 aromatic heterocycles. The van der Waals surface area contributed by atoms with Crippen molar-refractivity contribution in [3.63, 3.8) is 0 Å². The van der Waals surface area contributed by atoms with Crippen molar-refractivity contribution < 1.29 is 9.53 Å². The van der Waals surface area contributed by atoms with Crippen molar-refractivity contribution in [2.45, 2.75) is 57.6 Å². The first-order valence-electron chi connectivity index (χ1n) is 8.05. The third-order valence-corrected chi connectivity index (χ3v) is 4.61. The summed E-state index contributed by atoms with van der Waals surface area (Å²) in [7, 11) is 0. The van der Waals surface area contributed by atoms with Crippen molar-refractivity contribution in [1.29, 1.82) is 0 Å². The predicted octanol–water partition coefficient (Wildman–Crippen LogP) is 4.16. The molecule has 1 amide bonds. The number of nitrogens with two attached hydrogens (primary N) is 2. The Morgan fingerprint density at radius 1 is 1.35 bits per heavy atom. The number of ether oxygens (including phenoxy) is 1. The number of primary amides is 1. The van der Waals surface area contributed by atoms with E-state index in [2.05, 4.69) is 5.32 Å². The average Bonchev–Trinajstić information content (AvgIpc) is 2.42. The van der Waals surface area contributed by atoms with Gasteiger partial charge in [0.1, 0.15) is 5.60 Å². The first-order chi connectivity index (χ1) is 10.7. The predicted molar refractivity (Wildman–Crippen MR) is 94.6 cm³/mol. The monoisotopic (exact) mass is 339 g/mol. The van der Waals surface area contributed by atoms with Crippen LogP contribution in [-0.4, -0.2) is 17.7 Å². The highest BCUT2D eigenvalue weighted by atomic mass is 35.5. The van der Waals surface area contributed by atoms with Crippen molar-refractivity contribution in [3.05, 3.63) is 23.2 Å². The van der Waals surface area contributed by atoms with Crippen molar-refractivity contribution in [2.75, 3.05) is 11.1 Å². The highest BCUT2D eigenvalue weighted by Crippen LogP contribution is 2.34. The van der Waals surface area contributed by atoms with Crippen LogP contribution >= 0.6 is 11.6 Å². The summed E-state index contributed by atoms with van der Waals surface area (Å²) in [6, 6.07) is 5.94. The number of carbonyl (C=O) groups excluding carboxylic acids is 1. The molecule has 0 radical (unpaired) electrons. The van der Waals surface area contributed by atoms with Crippen molar-refractivity contribution >= 4 is 29.1 Å². The molecule has 0 spiro atoms. The summed E-state index contributed by atoms with van der Waals surface area (Å²) in [5.74, 6) is 0.546. The molecule has 0 saturated heterocycles. The number of amides is 1. The Morgan fingerprint density at radius 3 is 2.57 bits per heavy atom. The van der Waals surface area contributed by atoms with Crippen LogP contribution in [0.2, 0.25) is 5.02 Å². The lowest BCUT2D eigenvalue weighted by Crippen LogP contribution is -2.35. The molecule has 1 aliphatic carbocycles. The van der Waals surface area contributed by atoms with E-state index in [9.17, 15) is 4.79 Å². The molecule has 23 heavy (non-hydrogen) atoms. The smallest absolute Gasteiger partial charge is 0.405 e. The molecular formula is C17H26ClN3O2. The van der Waals surface area contributed by atoms with E-state index >= 15 is 0 Å². The van der Waals surface area contributed by atoms with Crippen LogP contribution in [-0.2, 0) is 4.74 Å². The number of anilines is 2. The van der Waals surface area contributed by atoms with E-state index in [1.54, 1.807) is 6.07 Å². The molecule has 0 heterocycles. The number of benzene rings is 1. The number of rotatable bonds is 5. The van der Waals surface area contributed by atoms with Crippen LogP contribution < -0.4 is 16.8 Å². The van der Waals surface area contributed by atoms with Gasteiger partial charge in [0.25, 0.3) is 0 Å². The molecular weight excluding hydrogens is 314 g/mol. The van der Waals surface area contributed by atoms with Crippen LogP contribution in [0.4, 0.5) is 16.2 Å². The molecule has 6 heteroatoms. The molecule has 0 atom stereocenters. The Balaban J connectivity index is 1.83. The van der Waals surface area contributed by atoms with Gasteiger partial charge in [-0.2, -0.15) is 0 Å². The molecule has 1 aromatic rings. The van der Waals surface area contributed by atoms with E-state index in [1.165, 1.54) is 0 Å². The molecule has 1 aromatic carbocycles. The maximum atomic E-state index is 10.9. The highest BCUT2D eigenvalue weighted by molar-refractivity contribution is 6.31. The second-order valence-corrected chi connectivity index (χ2v) is 7.41. The Morgan fingerprint density at radius 2 is 2.00 bits per heavy atom. The molecule has 5 N–H and O–H groups in total. The summed E-state index contributed by atoms with van der Waals surface area (Å²) in [6.07, 6.45) is 4.46. The number of hydrogen-bond acceptors (Lipinski definition) is 4. The van der Waals surface area contributed by atoms with Crippen LogP contribution in [0.3, 0.4) is 0 Å². The van der Waals surface area contributed by atoms with E-state index in [0.717, 1.165) is 37.8 Å². The summed E-state index contributed by atoms with van der Waals surface area (Å²) >= 11 is 5.92. The van der Waals surface area contributed by atoms with Gasteiger partial charge in [0.2, 0.25) is 0 Å². The maximum Gasteiger partial charge on any atom is 0.405 e. The van der Waals surface area contributed by atoms with Gasteiger partial charge < -0.3 is 21.5 Å². The fourth-order valence-corrected chi connectivity index (χ4v) is 3.59. The lowest BCUT2D eigenvalue weighted by molar-refractivity contribution is 0.0216. The zero-order valence-electron chi connectivity index (χ0n) is 13.8. The molecule has 5 nitrogen and oxygen atoms in total. The number of halogens is 1. The van der Waals surface area contributed by atoms with Gasteiger partial charge in [-0.3, -0.25) is 0 Å². The van der Waals surface area contributed by atoms with E-state index in [-0.39, 0.29) is 0 Å². The summed E-state index contributed by atoms with van der Waals surface area (Å²) in [5.41, 5.74) is 12.2. The largest absolute Gasteiger partial charge is 0.444 e. The zero-order valence-corrected chi connectivity index (χ0v) is 14.5. The average molecular weight is 340 g/mol. The standard InChI is InChI=1S/C17H26ClN3O2/c1-17(2,23-16(20)22)10-11-3-6-13(7-4-11)21-15-8-5-12(18)9-14(15)19/h5,8-9,11,13,21H,3-4,6-7,10,19H2,1-2H3,(H2,20,22)/t11-,13+. The van der Waals surface area contributed by atoms with Crippen molar-refractivity contribution in [1.82, 2.24) is 0 Å². The van der Waals surface area contributed by atoms with Crippen molar-refractivity contribution in [3.8, 4) is 0 Å². The van der Waals surface area contributed by atoms with Crippen LogP contribution in [0.15, 0.2) is 18.2 Å². The zero-order chi connectivity index (χ0) is 17.0. The Kier molecular flexibility index (Phi) is 5.63. The molecule has 128 valence electrons. The molecule has 0 bridgehead atoms. The normalized spacial score (nSPS) is 21.7. The van der Waals surface area contributed by atoms with Gasteiger partial charge >= 0.3 is 6.09 Å². The van der Waals surface area contributed by atoms with E-state index < -0.39 is 11.7 Å². The van der Waals surface area contributed by atoms with Gasteiger partial charge in [0.15, 0.2) is 0 Å². The second kappa shape index (κ2) is 7.30. The molecule has 1 fully saturated rings. The van der Waals surface area contributed by atoms with Crippen molar-refractivity contribution in [2.24, 2.45) is 11.7 Å². The second-order valence-electron chi connectivity index (χ2n) is 6.98. The van der Waals surface area contributed by atoms with Gasteiger partial charge in [0, 0.05) is 11.1 Å². The first-order valence-corrected chi connectivity index (χ1v) is 8.43. The highest BCUT2D eigenvalue weighted by Gasteiger charge is 2.29. The SMILES string of the molecule is CC(C)(C[C@H]1CC[C@@H](Nc2ccc(Cl)cc2N)CC1)OC(N)=O. The van der Waals surface area contributed by atoms with Gasteiger partial charge in [0.05, 0.1) is 11.4 Å². The first kappa shape index (κ1) is 17.7. The maximum absolute atomic E-state index is 10.9. The number of carbonyl (C=O) groups is 1. The topological polar surface area (TPSA) is 90.4 Å². The third-order valence-electron chi connectivity index (χ3n) is 4.38. The lowest BCUT2D eigenvalue weighted by atomic mass is 9.80. The molecule has 1 saturated carbocycles. The summed E-state index contributed by atoms with van der Waals surface area (Å²) in [5, 5.41) is 4.15. The fourth-order valence-electron chi connectivity index (χ4n) is 3.41. The van der Waals surface area contributed by atoms with Gasteiger partial charge in [-0.25, -0.2) is 4.79 Å². The summed E-state index contributed by atoms with van der Waals surface area (Å²) in [6.45, 7) is 3.83. The Labute approximate surface area is 142 Å². The van der Waals surface area contributed by atoms with Crippen LogP contribution in [0.5, 0.6) is 0 Å². The molecule has 0 aliphatic heterocycles. The van der Waals surface area contributed by atoms with Crippen LogP contribution in [0, 0.1) is 5.92 Å². The quantitative estimate of drug-likeness (QED) is 0.702. The van der Waals surface area contributed by atoms with Gasteiger partial charge in [-0.1, -0.05) is 11.6 Å². The lowest BCUT2D eigenvalue weighted by Gasteiger charge is -2.34. The van der Waals surface area contributed by atoms with Gasteiger partial charge in [-0.15, -0.1) is 0 Å². The Bertz CT molecular complexity index is 555. The number of nitrogen functional groups attached to an aromatic ring is 1.